The normalized spacial score (nSPS) is 12.2. The Labute approximate surface area is 268 Å². The van der Waals surface area contributed by atoms with Crippen molar-refractivity contribution in [3.05, 3.63) is 41.5 Å². The molecule has 9 N–H and O–H groups in total. The van der Waals surface area contributed by atoms with Crippen LogP contribution in [0, 0.1) is 5.92 Å². The Hall–Kier alpha value is -4.99. The Morgan fingerprint density at radius 2 is 1.61 bits per heavy atom. The number of urea groups is 1. The monoisotopic (exact) mass is 646 g/mol. The van der Waals surface area contributed by atoms with Crippen LogP contribution in [0.1, 0.15) is 58.9 Å². The summed E-state index contributed by atoms with van der Waals surface area (Å²) < 4.78 is 0. The summed E-state index contributed by atoms with van der Waals surface area (Å²) >= 11 is 0. The molecule has 0 radical (unpaired) electrons. The molecule has 16 heteroatoms. The first-order chi connectivity index (χ1) is 21.9. The number of nitrogens with two attached hydrogens (primary N) is 1. The van der Waals surface area contributed by atoms with E-state index in [2.05, 4.69) is 37.4 Å². The number of carbonyl (C=O) groups is 7. The molecule has 0 saturated heterocycles. The largest absolute Gasteiger partial charge is 0.352 e. The van der Waals surface area contributed by atoms with Gasteiger partial charge in [-0.1, -0.05) is 39.0 Å². The quantitative estimate of drug-likeness (QED) is 0.0386. The van der Waals surface area contributed by atoms with E-state index in [0.717, 1.165) is 0 Å². The van der Waals surface area contributed by atoms with Crippen LogP contribution >= 0.6 is 0 Å². The highest BCUT2D eigenvalue weighted by Crippen LogP contribution is 2.12. The van der Waals surface area contributed by atoms with Gasteiger partial charge in [0, 0.05) is 24.2 Å². The van der Waals surface area contributed by atoms with Gasteiger partial charge in [0.2, 0.25) is 30.0 Å². The van der Waals surface area contributed by atoms with E-state index in [4.69, 9.17) is 10.6 Å². The summed E-state index contributed by atoms with van der Waals surface area (Å²) in [7, 11) is 0. The minimum atomic E-state index is -0.948. The number of hydroxylamine groups is 1. The predicted molar refractivity (Wildman–Crippen MR) is 169 cm³/mol. The van der Waals surface area contributed by atoms with Gasteiger partial charge >= 0.3 is 6.03 Å². The van der Waals surface area contributed by atoms with Gasteiger partial charge in [0.1, 0.15) is 6.04 Å². The summed E-state index contributed by atoms with van der Waals surface area (Å²) in [5, 5.41) is 15.3. The van der Waals surface area contributed by atoms with Gasteiger partial charge in [-0.15, -0.1) is 0 Å². The van der Waals surface area contributed by atoms with Crippen LogP contribution in [0.25, 0.3) is 0 Å². The molecule has 2 atom stereocenters. The van der Waals surface area contributed by atoms with Crippen molar-refractivity contribution in [1.82, 2.24) is 32.1 Å². The smallest absolute Gasteiger partial charge is 0.312 e. The molecule has 0 spiro atoms. The number of hydrogen-bond acceptors (Lipinski definition) is 8. The molecule has 1 aromatic rings. The number of benzene rings is 1. The van der Waals surface area contributed by atoms with Crippen LogP contribution in [0.4, 0.5) is 10.5 Å². The standard InChI is InChI=1S/C30H46N8O8/c1-5-7-25(40)34-16-27(42)36-23(8-6-13-33-30(31)45)29(44)35-22-11-9-21(10-12-22)17-46-38-28(43)20(4)14-24(19(2)3)37-26(41)15-32-18-39/h9-12,14,18-19,23-24H,5-8,13,15-17H2,1-4H3,(H,32,39)(H,34,40)(H,35,44)(H,36,42)(H,37,41)(H,38,43)(H3,31,33,45)/b20-14+. The van der Waals surface area contributed by atoms with Crippen LogP contribution in [0.15, 0.2) is 35.9 Å². The molecule has 0 aliphatic carbocycles. The van der Waals surface area contributed by atoms with E-state index >= 15 is 0 Å². The fourth-order valence-corrected chi connectivity index (χ4v) is 3.82. The Balaban J connectivity index is 2.70. The number of amides is 8. The Morgan fingerprint density at radius 3 is 2.22 bits per heavy atom. The molecule has 0 aromatic heterocycles. The molecular weight excluding hydrogens is 600 g/mol. The summed E-state index contributed by atoms with van der Waals surface area (Å²) in [5.41, 5.74) is 8.86. The van der Waals surface area contributed by atoms with E-state index in [1.165, 1.54) is 0 Å². The lowest BCUT2D eigenvalue weighted by atomic mass is 10.0. The van der Waals surface area contributed by atoms with Crippen LogP contribution < -0.4 is 43.1 Å². The molecule has 8 amide bonds. The van der Waals surface area contributed by atoms with Gasteiger partial charge in [-0.25, -0.2) is 10.3 Å². The minimum Gasteiger partial charge on any atom is -0.352 e. The van der Waals surface area contributed by atoms with Crippen LogP contribution in [0.3, 0.4) is 0 Å². The fraction of sp³-hybridized carbons (Fsp3) is 0.500. The summed E-state index contributed by atoms with van der Waals surface area (Å²) in [4.78, 5) is 88.2. The van der Waals surface area contributed by atoms with Crippen molar-refractivity contribution in [2.24, 2.45) is 11.7 Å². The maximum atomic E-state index is 13.0. The van der Waals surface area contributed by atoms with Crippen molar-refractivity contribution in [2.75, 3.05) is 25.0 Å². The zero-order chi connectivity index (χ0) is 34.5. The second-order valence-electron chi connectivity index (χ2n) is 10.7. The molecule has 2 unspecified atom stereocenters. The van der Waals surface area contributed by atoms with Crippen LogP contribution in [0.2, 0.25) is 0 Å². The van der Waals surface area contributed by atoms with Gasteiger partial charge < -0.3 is 37.6 Å². The molecule has 254 valence electrons. The first-order valence-corrected chi connectivity index (χ1v) is 14.9. The molecule has 46 heavy (non-hydrogen) atoms. The van der Waals surface area contributed by atoms with E-state index in [1.807, 2.05) is 20.8 Å². The maximum Gasteiger partial charge on any atom is 0.312 e. The van der Waals surface area contributed by atoms with Gasteiger partial charge in [-0.2, -0.15) is 0 Å². The summed E-state index contributed by atoms with van der Waals surface area (Å²) in [6.07, 6.45) is 3.49. The third-order valence-corrected chi connectivity index (χ3v) is 6.35. The molecule has 16 nitrogen and oxygen atoms in total. The van der Waals surface area contributed by atoms with E-state index in [0.29, 0.717) is 36.1 Å². The van der Waals surface area contributed by atoms with Crippen molar-refractivity contribution in [1.29, 1.82) is 0 Å². The molecule has 0 saturated carbocycles. The van der Waals surface area contributed by atoms with Crippen LogP contribution in [-0.4, -0.2) is 73.7 Å². The van der Waals surface area contributed by atoms with Gasteiger partial charge in [-0.3, -0.25) is 33.6 Å². The second-order valence-corrected chi connectivity index (χ2v) is 10.7. The number of hydrogen-bond donors (Lipinski definition) is 8. The molecule has 0 aliphatic rings. The first-order valence-electron chi connectivity index (χ1n) is 14.9. The molecule has 0 bridgehead atoms. The third kappa shape index (κ3) is 16.7. The fourth-order valence-electron chi connectivity index (χ4n) is 3.82. The van der Waals surface area contributed by atoms with Crippen LogP contribution in [0.5, 0.6) is 0 Å². The molecule has 0 fully saturated rings. The van der Waals surface area contributed by atoms with E-state index in [9.17, 15) is 33.6 Å². The zero-order valence-corrected chi connectivity index (χ0v) is 26.7. The molecule has 1 aromatic carbocycles. The van der Waals surface area contributed by atoms with Crippen molar-refractivity contribution < 1.29 is 38.4 Å². The number of rotatable bonds is 21. The number of primary amides is 1. The lowest BCUT2D eigenvalue weighted by Gasteiger charge is -2.20. The van der Waals surface area contributed by atoms with Crippen molar-refractivity contribution in [2.45, 2.75) is 72.1 Å². The molecule has 0 heterocycles. The highest BCUT2D eigenvalue weighted by atomic mass is 16.6. The number of nitrogens with one attached hydrogen (secondary N) is 7. The summed E-state index contributed by atoms with van der Waals surface area (Å²) in [6.45, 7) is 6.93. The van der Waals surface area contributed by atoms with Gasteiger partial charge in [0.05, 0.1) is 25.7 Å². The average Bonchev–Trinajstić information content (AvgIpc) is 3.00. The van der Waals surface area contributed by atoms with Gasteiger partial charge in [0.15, 0.2) is 0 Å². The third-order valence-electron chi connectivity index (χ3n) is 6.35. The molecule has 0 aliphatic heterocycles. The minimum absolute atomic E-state index is 0.0181. The summed E-state index contributed by atoms with van der Waals surface area (Å²) in [5.74, 6) is -2.22. The highest BCUT2D eigenvalue weighted by Gasteiger charge is 2.21. The number of anilines is 1. The average molecular weight is 647 g/mol. The van der Waals surface area contributed by atoms with E-state index < -0.39 is 41.7 Å². The predicted octanol–water partition coefficient (Wildman–Crippen LogP) is -0.144. The van der Waals surface area contributed by atoms with Crippen molar-refractivity contribution >= 4 is 47.7 Å². The van der Waals surface area contributed by atoms with E-state index in [1.54, 1.807) is 37.3 Å². The van der Waals surface area contributed by atoms with E-state index in [-0.39, 0.29) is 50.9 Å². The Kier molecular flexibility index (Phi) is 18.4. The van der Waals surface area contributed by atoms with Crippen LogP contribution in [-0.2, 0) is 40.2 Å². The lowest BCUT2D eigenvalue weighted by molar-refractivity contribution is -0.130. The highest BCUT2D eigenvalue weighted by molar-refractivity contribution is 5.97. The topological polar surface area (TPSA) is 239 Å². The Bertz CT molecular complexity index is 1220. The maximum absolute atomic E-state index is 13.0. The first kappa shape index (κ1) is 39.0. The SMILES string of the molecule is CCCC(=O)NCC(=O)NC(CCCNC(N)=O)C(=O)Nc1ccc(CONC(=O)/C(C)=C/C(NC(=O)CNC=O)C(C)C)cc1. The lowest BCUT2D eigenvalue weighted by Crippen LogP contribution is -2.47. The summed E-state index contributed by atoms with van der Waals surface area (Å²) in [6, 6.07) is 4.50. The second kappa shape index (κ2) is 21.7. The zero-order valence-electron chi connectivity index (χ0n) is 26.7. The van der Waals surface area contributed by atoms with Gasteiger partial charge in [-0.05, 0) is 49.8 Å². The van der Waals surface area contributed by atoms with Gasteiger partial charge in [0.25, 0.3) is 5.91 Å². The molecule has 1 rings (SSSR count). The molecular formula is C30H46N8O8. The van der Waals surface area contributed by atoms with Crippen molar-refractivity contribution in [3.8, 4) is 0 Å². The Morgan fingerprint density at radius 1 is 0.935 bits per heavy atom. The van der Waals surface area contributed by atoms with Crippen molar-refractivity contribution in [3.63, 3.8) is 0 Å². The number of carbonyl (C=O) groups excluding carboxylic acids is 7.